The maximum atomic E-state index is 12.6. The van der Waals surface area contributed by atoms with E-state index in [2.05, 4.69) is 24.8 Å². The lowest BCUT2D eigenvalue weighted by Gasteiger charge is -2.11. The fourth-order valence-electron chi connectivity index (χ4n) is 2.54. The molecule has 0 aliphatic heterocycles. The molecular formula is C20H15F4N3O3. The number of amides is 1. The highest BCUT2D eigenvalue weighted by atomic mass is 19.3. The predicted octanol–water partition coefficient (Wildman–Crippen LogP) is 4.93. The molecule has 2 N–H and O–H groups in total. The number of nitrogens with zero attached hydrogens (tertiary/aromatic N) is 1. The lowest BCUT2D eigenvalue weighted by molar-refractivity contribution is -0.111. The third-order valence-electron chi connectivity index (χ3n) is 3.74. The molecule has 0 radical (unpaired) electrons. The summed E-state index contributed by atoms with van der Waals surface area (Å²) in [4.78, 5) is 19.3. The van der Waals surface area contributed by atoms with Gasteiger partial charge in [-0.2, -0.15) is 17.6 Å². The van der Waals surface area contributed by atoms with E-state index in [-0.39, 0.29) is 11.3 Å². The Kier molecular flexibility index (Phi) is 6.68. The van der Waals surface area contributed by atoms with Crippen LogP contribution in [0.4, 0.5) is 23.2 Å². The normalized spacial score (nSPS) is 11.3. The van der Waals surface area contributed by atoms with Crippen molar-refractivity contribution in [3.8, 4) is 22.9 Å². The molecule has 1 amide bonds. The number of carbonyl (C=O) groups is 1. The number of anilines is 1. The number of rotatable bonds is 8. The van der Waals surface area contributed by atoms with Gasteiger partial charge in [-0.3, -0.25) is 4.79 Å². The number of alkyl halides is 4. The SMILES string of the molecule is O=C(C=Cc1ccc(OC(F)F)cc1OC(F)F)Nc1cccc(-c2ncc[nH]2)c1. The highest BCUT2D eigenvalue weighted by Crippen LogP contribution is 2.28. The second kappa shape index (κ2) is 9.59. The number of carbonyl (C=O) groups excluding carboxylic acids is 1. The number of hydrogen-bond acceptors (Lipinski definition) is 4. The van der Waals surface area contributed by atoms with E-state index in [1.807, 2.05) is 0 Å². The lowest BCUT2D eigenvalue weighted by Crippen LogP contribution is -2.08. The van der Waals surface area contributed by atoms with E-state index in [0.29, 0.717) is 11.5 Å². The van der Waals surface area contributed by atoms with Crippen LogP contribution < -0.4 is 14.8 Å². The van der Waals surface area contributed by atoms with Gasteiger partial charge in [0.15, 0.2) is 0 Å². The molecule has 0 spiro atoms. The number of aromatic amines is 1. The third-order valence-corrected chi connectivity index (χ3v) is 3.74. The molecule has 0 bridgehead atoms. The second-order valence-corrected chi connectivity index (χ2v) is 5.80. The first-order valence-corrected chi connectivity index (χ1v) is 8.53. The number of benzene rings is 2. The average Bonchev–Trinajstić information content (AvgIpc) is 3.21. The Bertz CT molecular complexity index is 1020. The smallest absolute Gasteiger partial charge is 0.387 e. The van der Waals surface area contributed by atoms with Crippen LogP contribution in [0.15, 0.2) is 60.9 Å². The summed E-state index contributed by atoms with van der Waals surface area (Å²) in [6.07, 6.45) is 5.58. The predicted molar refractivity (Wildman–Crippen MR) is 101 cm³/mol. The number of halogens is 4. The Morgan fingerprint density at radius 1 is 1.07 bits per heavy atom. The van der Waals surface area contributed by atoms with Crippen molar-refractivity contribution in [2.45, 2.75) is 13.2 Å². The Balaban J connectivity index is 1.73. The number of hydrogen-bond donors (Lipinski definition) is 2. The van der Waals surface area contributed by atoms with Gasteiger partial charge in [0.2, 0.25) is 5.91 Å². The molecule has 2 aromatic carbocycles. The van der Waals surface area contributed by atoms with Crippen molar-refractivity contribution in [2.75, 3.05) is 5.32 Å². The molecule has 156 valence electrons. The van der Waals surface area contributed by atoms with Crippen molar-refractivity contribution in [3.63, 3.8) is 0 Å². The van der Waals surface area contributed by atoms with Crippen LogP contribution in [0, 0.1) is 0 Å². The third kappa shape index (κ3) is 5.84. The van der Waals surface area contributed by atoms with Gasteiger partial charge in [0.1, 0.15) is 17.3 Å². The Hall–Kier alpha value is -3.82. The molecular weight excluding hydrogens is 406 g/mol. The summed E-state index contributed by atoms with van der Waals surface area (Å²) in [5, 5.41) is 2.63. The van der Waals surface area contributed by atoms with Gasteiger partial charge in [-0.1, -0.05) is 12.1 Å². The van der Waals surface area contributed by atoms with Crippen LogP contribution in [0.1, 0.15) is 5.56 Å². The van der Waals surface area contributed by atoms with E-state index in [0.717, 1.165) is 23.8 Å². The monoisotopic (exact) mass is 421 g/mol. The Labute approximate surface area is 168 Å². The van der Waals surface area contributed by atoms with Crippen LogP contribution in [-0.2, 0) is 4.79 Å². The van der Waals surface area contributed by atoms with E-state index in [1.165, 1.54) is 12.1 Å². The van der Waals surface area contributed by atoms with E-state index >= 15 is 0 Å². The molecule has 10 heteroatoms. The van der Waals surface area contributed by atoms with Crippen molar-refractivity contribution in [3.05, 3.63) is 66.5 Å². The fourth-order valence-corrected chi connectivity index (χ4v) is 2.54. The lowest BCUT2D eigenvalue weighted by atomic mass is 10.1. The topological polar surface area (TPSA) is 76.2 Å². The van der Waals surface area contributed by atoms with Gasteiger partial charge in [0.05, 0.1) is 0 Å². The van der Waals surface area contributed by atoms with Crippen molar-refractivity contribution in [1.29, 1.82) is 0 Å². The summed E-state index contributed by atoms with van der Waals surface area (Å²) in [5.41, 5.74) is 1.32. The van der Waals surface area contributed by atoms with E-state index in [9.17, 15) is 22.4 Å². The fraction of sp³-hybridized carbons (Fsp3) is 0.100. The number of ether oxygens (including phenoxy) is 2. The Morgan fingerprint density at radius 3 is 2.57 bits per heavy atom. The second-order valence-electron chi connectivity index (χ2n) is 5.80. The molecule has 1 heterocycles. The quantitative estimate of drug-likeness (QED) is 0.399. The molecule has 0 atom stereocenters. The van der Waals surface area contributed by atoms with Crippen molar-refractivity contribution < 1.29 is 31.8 Å². The van der Waals surface area contributed by atoms with Crippen LogP contribution >= 0.6 is 0 Å². The molecule has 1 aromatic heterocycles. The zero-order chi connectivity index (χ0) is 21.5. The summed E-state index contributed by atoms with van der Waals surface area (Å²) in [6.45, 7) is -6.30. The molecule has 0 saturated carbocycles. The van der Waals surface area contributed by atoms with Gasteiger partial charge in [0.25, 0.3) is 0 Å². The number of aromatic nitrogens is 2. The maximum Gasteiger partial charge on any atom is 0.387 e. The largest absolute Gasteiger partial charge is 0.435 e. The molecule has 0 aliphatic rings. The van der Waals surface area contributed by atoms with Crippen molar-refractivity contribution in [1.82, 2.24) is 9.97 Å². The summed E-state index contributed by atoms with van der Waals surface area (Å²) < 4.78 is 58.3. The summed E-state index contributed by atoms with van der Waals surface area (Å²) in [7, 11) is 0. The zero-order valence-corrected chi connectivity index (χ0v) is 15.2. The van der Waals surface area contributed by atoms with Gasteiger partial charge in [0, 0.05) is 41.4 Å². The highest BCUT2D eigenvalue weighted by Gasteiger charge is 2.12. The number of nitrogens with one attached hydrogen (secondary N) is 2. The number of H-pyrrole nitrogens is 1. The average molecular weight is 421 g/mol. The highest BCUT2D eigenvalue weighted by molar-refractivity contribution is 6.02. The zero-order valence-electron chi connectivity index (χ0n) is 15.2. The molecule has 3 aromatic rings. The summed E-state index contributed by atoms with van der Waals surface area (Å²) in [6, 6.07) is 10.2. The molecule has 6 nitrogen and oxygen atoms in total. The van der Waals surface area contributed by atoms with Crippen LogP contribution in [0.3, 0.4) is 0 Å². The standard InChI is InChI=1S/C20H15F4N3O3/c21-19(22)29-15-6-4-12(16(11-15)30-20(23)24)5-7-17(28)27-14-3-1-2-13(10-14)18-25-8-9-26-18/h1-11,19-20H,(H,25,26)(H,27,28). The minimum Gasteiger partial charge on any atom is -0.435 e. The van der Waals surface area contributed by atoms with E-state index < -0.39 is 24.9 Å². The first kappa shape index (κ1) is 20.9. The van der Waals surface area contributed by atoms with Crippen LogP contribution in [0.5, 0.6) is 11.5 Å². The van der Waals surface area contributed by atoms with Crippen molar-refractivity contribution >= 4 is 17.7 Å². The molecule has 0 fully saturated rings. The number of imidazole rings is 1. The summed E-state index contributed by atoms with van der Waals surface area (Å²) >= 11 is 0. The van der Waals surface area contributed by atoms with Gasteiger partial charge < -0.3 is 19.8 Å². The first-order valence-electron chi connectivity index (χ1n) is 8.53. The Morgan fingerprint density at radius 2 is 1.87 bits per heavy atom. The molecule has 0 saturated heterocycles. The van der Waals surface area contributed by atoms with Crippen LogP contribution in [-0.4, -0.2) is 29.1 Å². The maximum absolute atomic E-state index is 12.6. The first-order chi connectivity index (χ1) is 14.4. The minimum atomic E-state index is -3.18. The molecule has 0 unspecified atom stereocenters. The molecule has 0 aliphatic carbocycles. The summed E-state index contributed by atoms with van der Waals surface area (Å²) in [5.74, 6) is -0.673. The van der Waals surface area contributed by atoms with Crippen molar-refractivity contribution in [2.24, 2.45) is 0 Å². The van der Waals surface area contributed by atoms with Gasteiger partial charge >= 0.3 is 13.2 Å². The van der Waals surface area contributed by atoms with Gasteiger partial charge in [-0.15, -0.1) is 0 Å². The van der Waals surface area contributed by atoms with Gasteiger partial charge in [-0.05, 0) is 30.3 Å². The molecule has 3 rings (SSSR count). The van der Waals surface area contributed by atoms with E-state index in [1.54, 1.807) is 36.7 Å². The van der Waals surface area contributed by atoms with Gasteiger partial charge in [-0.25, -0.2) is 4.98 Å². The minimum absolute atomic E-state index is 0.0800. The van der Waals surface area contributed by atoms with Crippen LogP contribution in [0.25, 0.3) is 17.5 Å². The molecule has 30 heavy (non-hydrogen) atoms. The van der Waals surface area contributed by atoms with E-state index in [4.69, 9.17) is 0 Å². The van der Waals surface area contributed by atoms with Crippen LogP contribution in [0.2, 0.25) is 0 Å².